The second-order valence-electron chi connectivity index (χ2n) is 3.74. The maximum Gasteiger partial charge on any atom is 0.354 e. The zero-order valence-corrected chi connectivity index (χ0v) is 11.4. The summed E-state index contributed by atoms with van der Waals surface area (Å²) in [4.78, 5) is 24.7. The van der Waals surface area contributed by atoms with Gasteiger partial charge in [-0.05, 0) is 18.2 Å². The van der Waals surface area contributed by atoms with E-state index in [0.29, 0.717) is 18.7 Å². The lowest BCUT2D eigenvalue weighted by Crippen LogP contribution is -2.11. The molecular formula is C11H15N3O5S. The number of carboxylic acid groups (broad SMARTS) is 1. The smallest absolute Gasteiger partial charge is 0.354 e. The Kier molecular flexibility index (Phi) is 6.74. The standard InChI is InChI=1S/C11H15N3O5S/c15-5-1-6-20-7-4-12-10-9(14(18)19)3-2-8(13-10)11(16)17/h2-3,15H,1,4-7H2,(H,12,13)(H,16,17). The van der Waals surface area contributed by atoms with Crippen LogP contribution in [-0.2, 0) is 0 Å². The van der Waals surface area contributed by atoms with E-state index in [1.54, 1.807) is 11.8 Å². The van der Waals surface area contributed by atoms with Crippen molar-refractivity contribution >= 4 is 29.2 Å². The summed E-state index contributed by atoms with van der Waals surface area (Å²) in [6.45, 7) is 0.557. The Hall–Kier alpha value is -1.87. The molecule has 0 fully saturated rings. The fourth-order valence-corrected chi connectivity index (χ4v) is 2.14. The summed E-state index contributed by atoms with van der Waals surface area (Å²) in [5.74, 6) is 0.192. The first kappa shape index (κ1) is 16.2. The molecule has 20 heavy (non-hydrogen) atoms. The van der Waals surface area contributed by atoms with Crippen molar-refractivity contribution in [1.82, 2.24) is 4.98 Å². The Bertz CT molecular complexity index is 483. The van der Waals surface area contributed by atoms with E-state index in [1.807, 2.05) is 0 Å². The number of hydrogen-bond acceptors (Lipinski definition) is 7. The van der Waals surface area contributed by atoms with Gasteiger partial charge in [-0.3, -0.25) is 10.1 Å². The minimum Gasteiger partial charge on any atom is -0.477 e. The molecule has 0 spiro atoms. The molecule has 0 radical (unpaired) electrons. The minimum atomic E-state index is -1.24. The summed E-state index contributed by atoms with van der Waals surface area (Å²) >= 11 is 1.59. The second kappa shape index (κ2) is 8.33. The number of nitrogens with one attached hydrogen (secondary N) is 1. The van der Waals surface area contributed by atoms with Crippen molar-refractivity contribution < 1.29 is 19.9 Å². The lowest BCUT2D eigenvalue weighted by atomic mass is 10.3. The summed E-state index contributed by atoms with van der Waals surface area (Å²) in [5.41, 5.74) is -0.499. The molecule has 110 valence electrons. The van der Waals surface area contributed by atoms with Crippen molar-refractivity contribution in [3.8, 4) is 0 Å². The number of aromatic nitrogens is 1. The van der Waals surface area contributed by atoms with Gasteiger partial charge in [-0.25, -0.2) is 9.78 Å². The van der Waals surface area contributed by atoms with Crippen LogP contribution in [0.15, 0.2) is 12.1 Å². The van der Waals surface area contributed by atoms with E-state index < -0.39 is 10.9 Å². The molecule has 1 rings (SSSR count). The van der Waals surface area contributed by atoms with Gasteiger partial charge in [0.05, 0.1) is 4.92 Å². The van der Waals surface area contributed by atoms with Gasteiger partial charge in [-0.2, -0.15) is 11.8 Å². The molecule has 1 aromatic heterocycles. The average Bonchev–Trinajstić information content (AvgIpc) is 2.42. The monoisotopic (exact) mass is 301 g/mol. The first-order valence-electron chi connectivity index (χ1n) is 5.87. The quantitative estimate of drug-likeness (QED) is 0.353. The molecule has 0 aliphatic carbocycles. The van der Waals surface area contributed by atoms with Gasteiger partial charge in [0.1, 0.15) is 0 Å². The van der Waals surface area contributed by atoms with Crippen molar-refractivity contribution in [3.05, 3.63) is 27.9 Å². The van der Waals surface area contributed by atoms with Crippen LogP contribution in [0, 0.1) is 10.1 Å². The fraction of sp³-hybridized carbons (Fsp3) is 0.455. The number of pyridine rings is 1. The number of nitro groups is 1. The van der Waals surface area contributed by atoms with Gasteiger partial charge in [0.15, 0.2) is 5.69 Å². The number of anilines is 1. The highest BCUT2D eigenvalue weighted by Crippen LogP contribution is 2.22. The molecule has 0 bridgehead atoms. The van der Waals surface area contributed by atoms with Crippen LogP contribution < -0.4 is 5.32 Å². The third-order valence-corrected chi connectivity index (χ3v) is 3.35. The van der Waals surface area contributed by atoms with Crippen LogP contribution in [0.1, 0.15) is 16.9 Å². The average molecular weight is 301 g/mol. The van der Waals surface area contributed by atoms with Crippen LogP contribution in [0.5, 0.6) is 0 Å². The van der Waals surface area contributed by atoms with Crippen molar-refractivity contribution in [2.75, 3.05) is 30.0 Å². The molecule has 1 heterocycles. The second-order valence-corrected chi connectivity index (χ2v) is 4.97. The van der Waals surface area contributed by atoms with Gasteiger partial charge >= 0.3 is 11.7 Å². The third-order valence-electron chi connectivity index (χ3n) is 2.28. The summed E-state index contributed by atoms with van der Waals surface area (Å²) in [6, 6.07) is 2.22. The number of nitrogens with zero attached hydrogens (tertiary/aromatic N) is 2. The van der Waals surface area contributed by atoms with Crippen LogP contribution in [0.25, 0.3) is 0 Å². The lowest BCUT2D eigenvalue weighted by Gasteiger charge is -2.06. The Labute approximate surface area is 119 Å². The maximum absolute atomic E-state index is 10.8. The Morgan fingerprint density at radius 1 is 1.45 bits per heavy atom. The van der Waals surface area contributed by atoms with Crippen molar-refractivity contribution in [2.45, 2.75) is 6.42 Å². The van der Waals surface area contributed by atoms with Gasteiger partial charge in [0.2, 0.25) is 5.82 Å². The predicted octanol–water partition coefficient (Wildman–Crippen LogP) is 1.22. The first-order chi connectivity index (χ1) is 9.56. The molecule has 1 aromatic rings. The molecular weight excluding hydrogens is 286 g/mol. The Morgan fingerprint density at radius 3 is 2.80 bits per heavy atom. The Morgan fingerprint density at radius 2 is 2.20 bits per heavy atom. The molecule has 0 atom stereocenters. The van der Waals surface area contributed by atoms with E-state index in [9.17, 15) is 14.9 Å². The largest absolute Gasteiger partial charge is 0.477 e. The molecule has 0 aliphatic heterocycles. The van der Waals surface area contributed by atoms with Crippen LogP contribution in [0.2, 0.25) is 0 Å². The SMILES string of the molecule is O=C(O)c1ccc([N+](=O)[O-])c(NCCSCCCO)n1. The Balaban J connectivity index is 2.63. The van der Waals surface area contributed by atoms with Gasteiger partial charge in [0.25, 0.3) is 0 Å². The highest BCUT2D eigenvalue weighted by molar-refractivity contribution is 7.99. The topological polar surface area (TPSA) is 126 Å². The summed E-state index contributed by atoms with van der Waals surface area (Å²) < 4.78 is 0. The van der Waals surface area contributed by atoms with Crippen LogP contribution >= 0.6 is 11.8 Å². The number of aromatic carboxylic acids is 1. The first-order valence-corrected chi connectivity index (χ1v) is 7.03. The van der Waals surface area contributed by atoms with Crippen molar-refractivity contribution in [1.29, 1.82) is 0 Å². The van der Waals surface area contributed by atoms with E-state index >= 15 is 0 Å². The van der Waals surface area contributed by atoms with E-state index in [-0.39, 0.29) is 23.8 Å². The van der Waals surface area contributed by atoms with Crippen molar-refractivity contribution in [2.24, 2.45) is 0 Å². The zero-order chi connectivity index (χ0) is 15.0. The molecule has 9 heteroatoms. The summed E-state index contributed by atoms with van der Waals surface area (Å²) in [7, 11) is 0. The van der Waals surface area contributed by atoms with Gasteiger partial charge in [-0.1, -0.05) is 0 Å². The molecule has 0 saturated carbocycles. The van der Waals surface area contributed by atoms with E-state index in [1.165, 1.54) is 0 Å². The highest BCUT2D eigenvalue weighted by Gasteiger charge is 2.17. The van der Waals surface area contributed by atoms with Gasteiger partial charge < -0.3 is 15.5 Å². The molecule has 8 nitrogen and oxygen atoms in total. The highest BCUT2D eigenvalue weighted by atomic mass is 32.2. The molecule has 0 aliphatic rings. The summed E-state index contributed by atoms with van der Waals surface area (Å²) in [6.07, 6.45) is 0.692. The van der Waals surface area contributed by atoms with E-state index in [0.717, 1.165) is 17.9 Å². The number of thioether (sulfide) groups is 1. The predicted molar refractivity (Wildman–Crippen MR) is 75.4 cm³/mol. The molecule has 3 N–H and O–H groups in total. The molecule has 0 aromatic carbocycles. The number of carboxylic acids is 1. The summed E-state index contributed by atoms with van der Waals surface area (Å²) in [5, 5.41) is 31.0. The number of hydrogen-bond donors (Lipinski definition) is 3. The van der Waals surface area contributed by atoms with E-state index in [2.05, 4.69) is 10.3 Å². The third kappa shape index (κ3) is 5.02. The van der Waals surface area contributed by atoms with Gasteiger partial charge in [0, 0.05) is 25.0 Å². The number of carbonyl (C=O) groups is 1. The van der Waals surface area contributed by atoms with Crippen LogP contribution in [-0.4, -0.2) is 50.7 Å². The molecule has 0 saturated heterocycles. The number of aliphatic hydroxyl groups excluding tert-OH is 1. The van der Waals surface area contributed by atoms with Crippen LogP contribution in [0.3, 0.4) is 0 Å². The maximum atomic E-state index is 10.8. The number of aliphatic hydroxyl groups is 1. The zero-order valence-electron chi connectivity index (χ0n) is 10.6. The van der Waals surface area contributed by atoms with Crippen LogP contribution in [0.4, 0.5) is 11.5 Å². The molecule has 0 unspecified atom stereocenters. The fourth-order valence-electron chi connectivity index (χ4n) is 1.36. The molecule has 0 amide bonds. The van der Waals surface area contributed by atoms with Crippen molar-refractivity contribution in [3.63, 3.8) is 0 Å². The normalized spacial score (nSPS) is 10.2. The van der Waals surface area contributed by atoms with E-state index in [4.69, 9.17) is 10.2 Å². The lowest BCUT2D eigenvalue weighted by molar-refractivity contribution is -0.384. The minimum absolute atomic E-state index is 0.0438. The number of rotatable bonds is 9. The van der Waals surface area contributed by atoms with Gasteiger partial charge in [-0.15, -0.1) is 0 Å².